The van der Waals surface area contributed by atoms with Crippen LogP contribution in [0.15, 0.2) is 41.1 Å². The minimum atomic E-state index is -0.271. The topological polar surface area (TPSA) is 71.5 Å². The summed E-state index contributed by atoms with van der Waals surface area (Å²) in [6.45, 7) is 0.655. The normalized spacial score (nSPS) is 13.9. The molecule has 2 amide bonds. The fraction of sp³-hybridized carbons (Fsp3) is 0.235. The average molecular weight is 390 g/mol. The summed E-state index contributed by atoms with van der Waals surface area (Å²) in [5.41, 5.74) is 1.71. The maximum atomic E-state index is 12.3. The van der Waals surface area contributed by atoms with Gasteiger partial charge in [0.05, 0.1) is 18.4 Å². The highest BCUT2D eigenvalue weighted by Crippen LogP contribution is 2.34. The summed E-state index contributed by atoms with van der Waals surface area (Å²) in [6.07, 6.45) is 4.46. The van der Waals surface area contributed by atoms with Crippen LogP contribution in [0.3, 0.4) is 0 Å². The molecule has 124 valence electrons. The van der Waals surface area contributed by atoms with Gasteiger partial charge in [0.1, 0.15) is 5.75 Å². The number of aromatic nitrogens is 1. The average Bonchev–Trinajstić information content (AvgIpc) is 3.00. The van der Waals surface area contributed by atoms with Gasteiger partial charge in [0.25, 0.3) is 5.91 Å². The lowest BCUT2D eigenvalue weighted by Crippen LogP contribution is -2.24. The minimum Gasteiger partial charge on any atom is -0.495 e. The molecule has 1 aromatic heterocycles. The van der Waals surface area contributed by atoms with Gasteiger partial charge in [-0.25, -0.2) is 0 Å². The van der Waals surface area contributed by atoms with E-state index in [2.05, 4.69) is 26.2 Å². The summed E-state index contributed by atoms with van der Waals surface area (Å²) in [5.74, 6) is 0.396. The van der Waals surface area contributed by atoms with E-state index in [1.807, 2.05) is 0 Å². The van der Waals surface area contributed by atoms with Crippen molar-refractivity contribution in [3.05, 3.63) is 46.7 Å². The Balaban J connectivity index is 1.86. The zero-order valence-corrected chi connectivity index (χ0v) is 14.7. The molecule has 0 bridgehead atoms. The van der Waals surface area contributed by atoms with Gasteiger partial charge in [0.15, 0.2) is 0 Å². The summed E-state index contributed by atoms with van der Waals surface area (Å²) < 4.78 is 6.07. The Hall–Kier alpha value is -2.41. The molecule has 0 aliphatic carbocycles. The fourth-order valence-electron chi connectivity index (χ4n) is 2.62. The van der Waals surface area contributed by atoms with Crippen molar-refractivity contribution in [1.82, 2.24) is 4.98 Å². The first-order chi connectivity index (χ1) is 11.6. The predicted molar refractivity (Wildman–Crippen MR) is 94.5 cm³/mol. The van der Waals surface area contributed by atoms with Crippen LogP contribution in [-0.4, -0.2) is 30.5 Å². The molecule has 2 heterocycles. The number of ether oxygens (including phenoxy) is 1. The molecule has 0 radical (unpaired) electrons. The number of anilines is 2. The van der Waals surface area contributed by atoms with E-state index < -0.39 is 0 Å². The van der Waals surface area contributed by atoms with E-state index in [0.717, 1.165) is 10.9 Å². The number of nitrogens with one attached hydrogen (secondary N) is 1. The molecule has 1 N–H and O–H groups in total. The van der Waals surface area contributed by atoms with Gasteiger partial charge in [-0.15, -0.1) is 0 Å². The van der Waals surface area contributed by atoms with Crippen molar-refractivity contribution in [1.29, 1.82) is 0 Å². The second-order valence-corrected chi connectivity index (χ2v) is 6.30. The van der Waals surface area contributed by atoms with Gasteiger partial charge in [0.2, 0.25) is 5.91 Å². The number of pyridine rings is 1. The van der Waals surface area contributed by atoms with E-state index in [4.69, 9.17) is 4.74 Å². The molecule has 1 aliphatic rings. The van der Waals surface area contributed by atoms with Crippen molar-refractivity contribution in [3.8, 4) is 5.75 Å². The van der Waals surface area contributed by atoms with Crippen LogP contribution < -0.4 is 15.0 Å². The maximum Gasteiger partial charge on any atom is 0.257 e. The summed E-state index contributed by atoms with van der Waals surface area (Å²) in [5, 5.41) is 2.82. The van der Waals surface area contributed by atoms with E-state index in [9.17, 15) is 9.59 Å². The Bertz CT molecular complexity index is 794. The molecular formula is C17H16BrN3O3. The molecule has 1 aliphatic heterocycles. The molecule has 3 rings (SSSR count). The highest BCUT2D eigenvalue weighted by molar-refractivity contribution is 9.10. The quantitative estimate of drug-likeness (QED) is 0.870. The number of halogens is 1. The predicted octanol–water partition coefficient (Wildman–Crippen LogP) is 3.23. The number of rotatable bonds is 4. The zero-order chi connectivity index (χ0) is 17.1. The van der Waals surface area contributed by atoms with Gasteiger partial charge in [-0.1, -0.05) is 0 Å². The van der Waals surface area contributed by atoms with Crippen molar-refractivity contribution in [3.63, 3.8) is 0 Å². The van der Waals surface area contributed by atoms with Crippen LogP contribution in [0.4, 0.5) is 11.4 Å². The third-order valence-corrected chi connectivity index (χ3v) is 4.20. The smallest absolute Gasteiger partial charge is 0.257 e. The first kappa shape index (κ1) is 16.4. The number of carbonyl (C=O) groups is 2. The monoisotopic (exact) mass is 389 g/mol. The molecular weight excluding hydrogens is 374 g/mol. The van der Waals surface area contributed by atoms with Crippen molar-refractivity contribution in [2.24, 2.45) is 0 Å². The van der Waals surface area contributed by atoms with Gasteiger partial charge in [-0.3, -0.25) is 14.6 Å². The Morgan fingerprint density at radius 1 is 1.33 bits per heavy atom. The highest BCUT2D eigenvalue weighted by atomic mass is 79.9. The van der Waals surface area contributed by atoms with Crippen molar-refractivity contribution in [2.75, 3.05) is 23.9 Å². The summed E-state index contributed by atoms with van der Waals surface area (Å²) in [4.78, 5) is 30.0. The number of carbonyl (C=O) groups excluding carboxylic acids is 2. The molecule has 24 heavy (non-hydrogen) atoms. The van der Waals surface area contributed by atoms with Gasteiger partial charge < -0.3 is 15.0 Å². The number of methoxy groups -OCH3 is 1. The number of benzene rings is 1. The molecule has 1 aromatic carbocycles. The SMILES string of the molecule is COc1ccc(NC(=O)c2cncc(Br)c2)cc1N1CCCC1=O. The van der Waals surface area contributed by atoms with E-state index >= 15 is 0 Å². The lowest BCUT2D eigenvalue weighted by atomic mass is 10.2. The van der Waals surface area contributed by atoms with Crippen molar-refractivity contribution >= 4 is 39.1 Å². The maximum absolute atomic E-state index is 12.3. The number of amides is 2. The Labute approximate surface area is 148 Å². The molecule has 1 fully saturated rings. The van der Waals surface area contributed by atoms with Crippen LogP contribution in [0.2, 0.25) is 0 Å². The van der Waals surface area contributed by atoms with Crippen LogP contribution in [0, 0.1) is 0 Å². The molecule has 1 saturated heterocycles. The molecule has 0 unspecified atom stereocenters. The molecule has 2 aromatic rings. The first-order valence-corrected chi connectivity index (χ1v) is 8.28. The second-order valence-electron chi connectivity index (χ2n) is 5.38. The lowest BCUT2D eigenvalue weighted by molar-refractivity contribution is -0.117. The lowest BCUT2D eigenvalue weighted by Gasteiger charge is -2.20. The first-order valence-electron chi connectivity index (χ1n) is 7.49. The van der Waals surface area contributed by atoms with E-state index in [1.165, 1.54) is 6.20 Å². The molecule has 0 spiro atoms. The fourth-order valence-corrected chi connectivity index (χ4v) is 2.99. The highest BCUT2D eigenvalue weighted by Gasteiger charge is 2.25. The van der Waals surface area contributed by atoms with Gasteiger partial charge >= 0.3 is 0 Å². The molecule has 6 nitrogen and oxygen atoms in total. The van der Waals surface area contributed by atoms with E-state index in [-0.39, 0.29) is 11.8 Å². The minimum absolute atomic E-state index is 0.0629. The van der Waals surface area contributed by atoms with Crippen molar-refractivity contribution in [2.45, 2.75) is 12.8 Å². The standard InChI is InChI=1S/C17H16BrN3O3/c1-24-15-5-4-13(8-14(15)21-6-2-3-16(21)22)20-17(23)11-7-12(18)10-19-9-11/h4-5,7-10H,2-3,6H2,1H3,(H,20,23). The van der Waals surface area contributed by atoms with Gasteiger partial charge in [-0.05, 0) is 46.6 Å². The zero-order valence-electron chi connectivity index (χ0n) is 13.1. The number of hydrogen-bond acceptors (Lipinski definition) is 4. The third kappa shape index (κ3) is 3.41. The van der Waals surface area contributed by atoms with Crippen LogP contribution >= 0.6 is 15.9 Å². The number of hydrogen-bond donors (Lipinski definition) is 1. The van der Waals surface area contributed by atoms with E-state index in [0.29, 0.717) is 35.7 Å². The largest absolute Gasteiger partial charge is 0.495 e. The molecule has 7 heteroatoms. The van der Waals surface area contributed by atoms with E-state index in [1.54, 1.807) is 42.5 Å². The van der Waals surface area contributed by atoms with Crippen molar-refractivity contribution < 1.29 is 14.3 Å². The molecule has 0 saturated carbocycles. The third-order valence-electron chi connectivity index (χ3n) is 3.77. The van der Waals surface area contributed by atoms with Crippen LogP contribution in [0.1, 0.15) is 23.2 Å². The molecule has 0 atom stereocenters. The second kappa shape index (κ2) is 7.00. The summed E-state index contributed by atoms with van der Waals surface area (Å²) in [6, 6.07) is 6.93. The van der Waals surface area contributed by atoms with Gasteiger partial charge in [-0.2, -0.15) is 0 Å². The van der Waals surface area contributed by atoms with Gasteiger partial charge in [0, 0.05) is 35.5 Å². The summed E-state index contributed by atoms with van der Waals surface area (Å²) >= 11 is 3.29. The summed E-state index contributed by atoms with van der Waals surface area (Å²) in [7, 11) is 1.56. The Kier molecular flexibility index (Phi) is 4.80. The number of nitrogens with zero attached hydrogens (tertiary/aromatic N) is 2. The van der Waals surface area contributed by atoms with Crippen LogP contribution in [0.5, 0.6) is 5.75 Å². The van der Waals surface area contributed by atoms with Crippen LogP contribution in [0.25, 0.3) is 0 Å². The Morgan fingerprint density at radius 2 is 2.17 bits per heavy atom. The Morgan fingerprint density at radius 3 is 2.83 bits per heavy atom. The van der Waals surface area contributed by atoms with Crippen LogP contribution in [-0.2, 0) is 4.79 Å².